The molecule has 1 atom stereocenters. The van der Waals surface area contributed by atoms with E-state index >= 15 is 0 Å². The van der Waals surface area contributed by atoms with E-state index in [0.717, 1.165) is 19.3 Å². The molecule has 0 radical (unpaired) electrons. The Balaban J connectivity index is 2.66. The van der Waals surface area contributed by atoms with Crippen molar-refractivity contribution in [2.24, 2.45) is 11.8 Å². The van der Waals surface area contributed by atoms with E-state index in [9.17, 15) is 4.79 Å². The summed E-state index contributed by atoms with van der Waals surface area (Å²) in [6, 6.07) is 0. The summed E-state index contributed by atoms with van der Waals surface area (Å²) in [5.41, 5.74) is 1.25. The predicted octanol–water partition coefficient (Wildman–Crippen LogP) is 3.12. The van der Waals surface area contributed by atoms with Crippen molar-refractivity contribution >= 4 is 5.78 Å². The summed E-state index contributed by atoms with van der Waals surface area (Å²) >= 11 is 0. The minimum absolute atomic E-state index is 0.293. The van der Waals surface area contributed by atoms with Crippen LogP contribution in [0.2, 0.25) is 0 Å². The number of hydrogen-bond donors (Lipinski definition) is 0. The maximum absolute atomic E-state index is 11.4. The third-order valence-corrected chi connectivity index (χ3v) is 2.70. The molecule has 1 heteroatoms. The molecule has 0 saturated carbocycles. The molecule has 0 saturated heterocycles. The van der Waals surface area contributed by atoms with Crippen molar-refractivity contribution in [3.63, 3.8) is 0 Å². The van der Waals surface area contributed by atoms with E-state index in [1.165, 1.54) is 5.57 Å². The Kier molecular flexibility index (Phi) is 3.47. The number of ketones is 1. The highest BCUT2D eigenvalue weighted by Gasteiger charge is 2.22. The fourth-order valence-corrected chi connectivity index (χ4v) is 1.81. The third-order valence-electron chi connectivity index (χ3n) is 2.70. The number of carbonyl (C=O) groups excluding carboxylic acids is 1. The molecule has 13 heavy (non-hydrogen) atoms. The van der Waals surface area contributed by atoms with Crippen molar-refractivity contribution in [3.8, 4) is 0 Å². The molecule has 0 heterocycles. The van der Waals surface area contributed by atoms with E-state index in [2.05, 4.69) is 20.4 Å². The van der Waals surface area contributed by atoms with Gasteiger partial charge in [-0.2, -0.15) is 0 Å². The summed E-state index contributed by atoms with van der Waals surface area (Å²) < 4.78 is 0. The van der Waals surface area contributed by atoms with Gasteiger partial charge in [0, 0.05) is 6.42 Å². The highest BCUT2D eigenvalue weighted by Crippen LogP contribution is 2.29. The largest absolute Gasteiger partial charge is 0.295 e. The Hall–Kier alpha value is -0.850. The standard InChI is InChI=1S/C12H18O/c1-4-5-10-6-11(9(2)3)8-12(13)7-10/h4,7,9,11H,1,5-6,8H2,2-3H3. The van der Waals surface area contributed by atoms with Crippen LogP contribution in [0.3, 0.4) is 0 Å². The van der Waals surface area contributed by atoms with Crippen LogP contribution < -0.4 is 0 Å². The first-order valence-electron chi connectivity index (χ1n) is 4.96. The highest BCUT2D eigenvalue weighted by atomic mass is 16.1. The third kappa shape index (κ3) is 2.83. The zero-order valence-electron chi connectivity index (χ0n) is 8.55. The van der Waals surface area contributed by atoms with Gasteiger partial charge in [0.1, 0.15) is 0 Å². The molecule has 0 aromatic rings. The first-order valence-corrected chi connectivity index (χ1v) is 4.96. The topological polar surface area (TPSA) is 17.1 Å². The molecule has 0 aromatic carbocycles. The zero-order chi connectivity index (χ0) is 9.84. The molecule has 0 bridgehead atoms. The Morgan fingerprint density at radius 3 is 2.85 bits per heavy atom. The maximum Gasteiger partial charge on any atom is 0.155 e. The van der Waals surface area contributed by atoms with Crippen LogP contribution in [0.25, 0.3) is 0 Å². The van der Waals surface area contributed by atoms with Crippen molar-refractivity contribution in [2.75, 3.05) is 0 Å². The summed E-state index contributed by atoms with van der Waals surface area (Å²) in [5.74, 6) is 1.45. The molecule has 1 nitrogen and oxygen atoms in total. The number of carbonyl (C=O) groups is 1. The second kappa shape index (κ2) is 4.40. The molecule has 0 aliphatic heterocycles. The normalized spacial score (nSPS) is 23.2. The lowest BCUT2D eigenvalue weighted by molar-refractivity contribution is -0.116. The minimum atomic E-state index is 0.293. The van der Waals surface area contributed by atoms with E-state index in [1.807, 2.05) is 6.08 Å². The lowest BCUT2D eigenvalue weighted by Crippen LogP contribution is -2.18. The Morgan fingerprint density at radius 1 is 1.62 bits per heavy atom. The monoisotopic (exact) mass is 178 g/mol. The van der Waals surface area contributed by atoms with E-state index in [-0.39, 0.29) is 0 Å². The smallest absolute Gasteiger partial charge is 0.155 e. The molecule has 1 rings (SSSR count). The maximum atomic E-state index is 11.4. The molecule has 1 aliphatic carbocycles. The second-order valence-corrected chi connectivity index (χ2v) is 4.17. The van der Waals surface area contributed by atoms with Gasteiger partial charge in [0.25, 0.3) is 0 Å². The van der Waals surface area contributed by atoms with E-state index < -0.39 is 0 Å². The number of hydrogen-bond acceptors (Lipinski definition) is 1. The first kappa shape index (κ1) is 10.2. The summed E-state index contributed by atoms with van der Waals surface area (Å²) in [7, 11) is 0. The molecular weight excluding hydrogens is 160 g/mol. The highest BCUT2D eigenvalue weighted by molar-refractivity contribution is 5.91. The number of allylic oxidation sites excluding steroid dienone is 3. The Labute approximate surface area is 80.5 Å². The SMILES string of the molecule is C=CCC1=CC(=O)CC(C(C)C)C1. The Morgan fingerprint density at radius 2 is 2.31 bits per heavy atom. The van der Waals surface area contributed by atoms with Gasteiger partial charge >= 0.3 is 0 Å². The van der Waals surface area contributed by atoms with Gasteiger partial charge in [0.15, 0.2) is 5.78 Å². The van der Waals surface area contributed by atoms with Crippen LogP contribution in [-0.4, -0.2) is 5.78 Å². The van der Waals surface area contributed by atoms with Crippen LogP contribution in [0.1, 0.15) is 33.1 Å². The van der Waals surface area contributed by atoms with Gasteiger partial charge in [-0.25, -0.2) is 0 Å². The summed E-state index contributed by atoms with van der Waals surface area (Å²) in [4.78, 5) is 11.4. The van der Waals surface area contributed by atoms with Crippen molar-refractivity contribution in [1.29, 1.82) is 0 Å². The molecule has 72 valence electrons. The first-order chi connectivity index (χ1) is 6.13. The van der Waals surface area contributed by atoms with Crippen molar-refractivity contribution in [1.82, 2.24) is 0 Å². The molecule has 1 unspecified atom stereocenters. The van der Waals surface area contributed by atoms with Crippen LogP contribution >= 0.6 is 0 Å². The lowest BCUT2D eigenvalue weighted by atomic mass is 9.80. The molecule has 0 fully saturated rings. The number of rotatable bonds is 3. The fraction of sp³-hybridized carbons (Fsp3) is 0.583. The van der Waals surface area contributed by atoms with Crippen LogP contribution in [0, 0.1) is 11.8 Å². The molecule has 0 aromatic heterocycles. The second-order valence-electron chi connectivity index (χ2n) is 4.17. The van der Waals surface area contributed by atoms with Crippen molar-refractivity contribution in [3.05, 3.63) is 24.3 Å². The average molecular weight is 178 g/mol. The molecular formula is C12H18O. The Bertz CT molecular complexity index is 236. The quantitative estimate of drug-likeness (QED) is 0.607. The van der Waals surface area contributed by atoms with Gasteiger partial charge < -0.3 is 0 Å². The van der Waals surface area contributed by atoms with Crippen LogP contribution in [0.15, 0.2) is 24.3 Å². The van der Waals surface area contributed by atoms with Crippen LogP contribution in [0.5, 0.6) is 0 Å². The molecule has 0 amide bonds. The van der Waals surface area contributed by atoms with Crippen LogP contribution in [-0.2, 0) is 4.79 Å². The summed E-state index contributed by atoms with van der Waals surface area (Å²) in [6.45, 7) is 8.08. The zero-order valence-corrected chi connectivity index (χ0v) is 8.55. The predicted molar refractivity (Wildman–Crippen MR) is 55.5 cm³/mol. The van der Waals surface area contributed by atoms with Gasteiger partial charge in [0.2, 0.25) is 0 Å². The van der Waals surface area contributed by atoms with E-state index in [0.29, 0.717) is 17.6 Å². The van der Waals surface area contributed by atoms with Gasteiger partial charge in [-0.05, 0) is 30.8 Å². The van der Waals surface area contributed by atoms with Crippen molar-refractivity contribution < 1.29 is 4.79 Å². The summed E-state index contributed by atoms with van der Waals surface area (Å²) in [6.07, 6.45) is 6.37. The summed E-state index contributed by atoms with van der Waals surface area (Å²) in [5, 5.41) is 0. The molecule has 1 aliphatic rings. The van der Waals surface area contributed by atoms with E-state index in [1.54, 1.807) is 6.08 Å². The fourth-order valence-electron chi connectivity index (χ4n) is 1.81. The van der Waals surface area contributed by atoms with Crippen LogP contribution in [0.4, 0.5) is 0 Å². The molecule has 0 N–H and O–H groups in total. The lowest BCUT2D eigenvalue weighted by Gasteiger charge is -2.24. The average Bonchev–Trinajstić information content (AvgIpc) is 2.03. The van der Waals surface area contributed by atoms with Gasteiger partial charge in [-0.15, -0.1) is 6.58 Å². The van der Waals surface area contributed by atoms with E-state index in [4.69, 9.17) is 0 Å². The van der Waals surface area contributed by atoms with Gasteiger partial charge in [-0.1, -0.05) is 25.5 Å². The minimum Gasteiger partial charge on any atom is -0.295 e. The molecule has 0 spiro atoms. The van der Waals surface area contributed by atoms with Gasteiger partial charge in [-0.3, -0.25) is 4.79 Å². The van der Waals surface area contributed by atoms with Gasteiger partial charge in [0.05, 0.1) is 0 Å². The van der Waals surface area contributed by atoms with Crippen molar-refractivity contribution in [2.45, 2.75) is 33.1 Å².